The van der Waals surface area contributed by atoms with Gasteiger partial charge in [0.25, 0.3) is 0 Å². The van der Waals surface area contributed by atoms with Crippen LogP contribution >= 0.6 is 11.8 Å². The molecule has 3 aromatic rings. The number of hydrogen-bond acceptors (Lipinski definition) is 4. The van der Waals surface area contributed by atoms with Crippen molar-refractivity contribution in [3.8, 4) is 11.4 Å². The molecular weight excluding hydrogens is 358 g/mol. The molecular formula is C18H16F2N4OS. The van der Waals surface area contributed by atoms with Gasteiger partial charge in [0.05, 0.1) is 5.75 Å². The summed E-state index contributed by atoms with van der Waals surface area (Å²) in [6, 6.07) is 11.1. The fourth-order valence-electron chi connectivity index (χ4n) is 2.38. The Bertz CT molecular complexity index is 958. The van der Waals surface area contributed by atoms with Crippen molar-refractivity contribution < 1.29 is 13.6 Å². The van der Waals surface area contributed by atoms with Gasteiger partial charge < -0.3 is 9.88 Å². The molecule has 0 aliphatic rings. The van der Waals surface area contributed by atoms with E-state index in [0.717, 1.165) is 23.3 Å². The molecule has 1 aromatic heterocycles. The summed E-state index contributed by atoms with van der Waals surface area (Å²) in [5.41, 5.74) is 2.26. The van der Waals surface area contributed by atoms with Gasteiger partial charge in [-0.15, -0.1) is 10.2 Å². The Labute approximate surface area is 153 Å². The summed E-state index contributed by atoms with van der Waals surface area (Å²) in [6.45, 7) is 2.00. The maximum absolute atomic E-state index is 13.2. The third-order valence-electron chi connectivity index (χ3n) is 3.65. The van der Waals surface area contributed by atoms with Gasteiger partial charge in [0.2, 0.25) is 5.91 Å². The first kappa shape index (κ1) is 18.1. The molecule has 0 unspecified atom stereocenters. The number of anilines is 1. The maximum atomic E-state index is 13.2. The SMILES string of the molecule is Cc1cccc(-c2nnc(SCC(=O)Nc3ccc(F)c(F)c3)n2C)c1. The molecule has 0 saturated heterocycles. The average Bonchev–Trinajstić information content (AvgIpc) is 2.97. The molecule has 0 atom stereocenters. The van der Waals surface area contributed by atoms with E-state index in [0.29, 0.717) is 11.0 Å². The predicted molar refractivity (Wildman–Crippen MR) is 96.9 cm³/mol. The number of nitrogens with one attached hydrogen (secondary N) is 1. The Hall–Kier alpha value is -2.74. The Kier molecular flexibility index (Phi) is 5.32. The van der Waals surface area contributed by atoms with E-state index in [2.05, 4.69) is 15.5 Å². The van der Waals surface area contributed by atoms with Crippen LogP contribution in [0.1, 0.15) is 5.56 Å². The molecule has 134 valence electrons. The predicted octanol–water partition coefficient (Wildman–Crippen LogP) is 3.80. The number of aromatic nitrogens is 3. The van der Waals surface area contributed by atoms with Crippen LogP contribution in [0.5, 0.6) is 0 Å². The van der Waals surface area contributed by atoms with E-state index in [1.165, 1.54) is 17.8 Å². The Balaban J connectivity index is 1.64. The van der Waals surface area contributed by atoms with Crippen LogP contribution in [0.25, 0.3) is 11.4 Å². The van der Waals surface area contributed by atoms with E-state index < -0.39 is 11.6 Å². The van der Waals surface area contributed by atoms with Gasteiger partial charge in [-0.05, 0) is 25.1 Å². The molecule has 0 bridgehead atoms. The molecule has 0 aliphatic heterocycles. The van der Waals surface area contributed by atoms with Gasteiger partial charge in [-0.3, -0.25) is 4.79 Å². The Morgan fingerprint density at radius 2 is 1.96 bits per heavy atom. The number of thioether (sulfide) groups is 1. The molecule has 1 amide bonds. The third-order valence-corrected chi connectivity index (χ3v) is 4.67. The maximum Gasteiger partial charge on any atom is 0.234 e. The van der Waals surface area contributed by atoms with Gasteiger partial charge in [-0.1, -0.05) is 35.5 Å². The van der Waals surface area contributed by atoms with Crippen LogP contribution in [-0.4, -0.2) is 26.4 Å². The fourth-order valence-corrected chi connectivity index (χ4v) is 3.09. The van der Waals surface area contributed by atoms with Crippen LogP contribution in [0.2, 0.25) is 0 Å². The lowest BCUT2D eigenvalue weighted by atomic mass is 10.1. The molecule has 3 rings (SSSR count). The van der Waals surface area contributed by atoms with E-state index in [4.69, 9.17) is 0 Å². The van der Waals surface area contributed by atoms with E-state index in [-0.39, 0.29) is 17.3 Å². The number of carbonyl (C=O) groups excluding carboxylic acids is 1. The number of amides is 1. The fraction of sp³-hybridized carbons (Fsp3) is 0.167. The van der Waals surface area contributed by atoms with Crippen molar-refractivity contribution in [3.05, 3.63) is 59.7 Å². The van der Waals surface area contributed by atoms with Gasteiger partial charge in [-0.2, -0.15) is 0 Å². The molecule has 0 radical (unpaired) electrons. The summed E-state index contributed by atoms with van der Waals surface area (Å²) < 4.78 is 27.9. The van der Waals surface area contributed by atoms with Crippen molar-refractivity contribution in [1.29, 1.82) is 0 Å². The highest BCUT2D eigenvalue weighted by molar-refractivity contribution is 7.99. The third kappa shape index (κ3) is 4.08. The topological polar surface area (TPSA) is 59.8 Å². The largest absolute Gasteiger partial charge is 0.325 e. The first-order valence-electron chi connectivity index (χ1n) is 7.78. The molecule has 0 fully saturated rings. The number of aryl methyl sites for hydroxylation is 1. The molecule has 1 heterocycles. The van der Waals surface area contributed by atoms with E-state index in [9.17, 15) is 13.6 Å². The molecule has 2 aromatic carbocycles. The van der Waals surface area contributed by atoms with Crippen LogP contribution in [0, 0.1) is 18.6 Å². The summed E-state index contributed by atoms with van der Waals surface area (Å²) in [5, 5.41) is 11.4. The zero-order valence-electron chi connectivity index (χ0n) is 14.2. The second-order valence-corrected chi connectivity index (χ2v) is 6.64. The molecule has 0 saturated carbocycles. The number of benzene rings is 2. The van der Waals surface area contributed by atoms with Crippen molar-refractivity contribution >= 4 is 23.4 Å². The molecule has 0 spiro atoms. The van der Waals surface area contributed by atoms with Crippen molar-refractivity contribution in [2.24, 2.45) is 7.05 Å². The van der Waals surface area contributed by atoms with Crippen LogP contribution in [0.4, 0.5) is 14.5 Å². The Morgan fingerprint density at radius 1 is 1.15 bits per heavy atom. The first-order valence-corrected chi connectivity index (χ1v) is 8.77. The second-order valence-electron chi connectivity index (χ2n) is 5.70. The van der Waals surface area contributed by atoms with Crippen LogP contribution in [0.3, 0.4) is 0 Å². The number of nitrogens with zero attached hydrogens (tertiary/aromatic N) is 3. The minimum absolute atomic E-state index is 0.0682. The Morgan fingerprint density at radius 3 is 2.69 bits per heavy atom. The van der Waals surface area contributed by atoms with Crippen LogP contribution < -0.4 is 5.32 Å². The van der Waals surface area contributed by atoms with Crippen molar-refractivity contribution in [1.82, 2.24) is 14.8 Å². The van der Waals surface area contributed by atoms with Crippen molar-refractivity contribution in [3.63, 3.8) is 0 Å². The van der Waals surface area contributed by atoms with Gasteiger partial charge in [0.1, 0.15) is 0 Å². The number of halogens is 2. The standard InChI is InChI=1S/C18H16F2N4OS/c1-11-4-3-5-12(8-11)17-22-23-18(24(17)2)26-10-16(25)21-13-6-7-14(19)15(20)9-13/h3-9H,10H2,1-2H3,(H,21,25). The lowest BCUT2D eigenvalue weighted by Gasteiger charge is -2.06. The highest BCUT2D eigenvalue weighted by Gasteiger charge is 2.13. The summed E-state index contributed by atoms with van der Waals surface area (Å²) in [7, 11) is 1.83. The van der Waals surface area contributed by atoms with Gasteiger partial charge in [0.15, 0.2) is 22.6 Å². The minimum atomic E-state index is -1.01. The van der Waals surface area contributed by atoms with Crippen LogP contribution in [0.15, 0.2) is 47.6 Å². The molecule has 5 nitrogen and oxygen atoms in total. The van der Waals surface area contributed by atoms with Gasteiger partial charge >= 0.3 is 0 Å². The van der Waals surface area contributed by atoms with Gasteiger partial charge in [-0.25, -0.2) is 8.78 Å². The summed E-state index contributed by atoms with van der Waals surface area (Å²) in [6.07, 6.45) is 0. The first-order chi connectivity index (χ1) is 12.4. The summed E-state index contributed by atoms with van der Waals surface area (Å²) >= 11 is 1.21. The van der Waals surface area contributed by atoms with E-state index in [1.807, 2.05) is 42.8 Å². The normalized spacial score (nSPS) is 10.8. The smallest absolute Gasteiger partial charge is 0.234 e. The van der Waals surface area contributed by atoms with E-state index >= 15 is 0 Å². The molecule has 26 heavy (non-hydrogen) atoms. The number of rotatable bonds is 5. The van der Waals surface area contributed by atoms with Crippen molar-refractivity contribution in [2.75, 3.05) is 11.1 Å². The monoisotopic (exact) mass is 374 g/mol. The highest BCUT2D eigenvalue weighted by Crippen LogP contribution is 2.23. The number of hydrogen-bond donors (Lipinski definition) is 1. The molecule has 0 aliphatic carbocycles. The minimum Gasteiger partial charge on any atom is -0.325 e. The quantitative estimate of drug-likeness (QED) is 0.690. The lowest BCUT2D eigenvalue weighted by molar-refractivity contribution is -0.113. The van der Waals surface area contributed by atoms with Crippen LogP contribution in [-0.2, 0) is 11.8 Å². The lowest BCUT2D eigenvalue weighted by Crippen LogP contribution is -2.14. The molecule has 8 heteroatoms. The second kappa shape index (κ2) is 7.65. The zero-order chi connectivity index (χ0) is 18.7. The highest BCUT2D eigenvalue weighted by atomic mass is 32.2. The summed E-state index contributed by atoms with van der Waals surface area (Å²) in [5.74, 6) is -1.54. The zero-order valence-corrected chi connectivity index (χ0v) is 15.0. The average molecular weight is 374 g/mol. The van der Waals surface area contributed by atoms with E-state index in [1.54, 1.807) is 0 Å². The summed E-state index contributed by atoms with van der Waals surface area (Å²) in [4.78, 5) is 12.0. The molecule has 1 N–H and O–H groups in total. The van der Waals surface area contributed by atoms with Gasteiger partial charge in [0, 0.05) is 24.4 Å². The van der Waals surface area contributed by atoms with Crippen molar-refractivity contribution in [2.45, 2.75) is 12.1 Å². The number of carbonyl (C=O) groups is 1.